The Labute approximate surface area is 116 Å². The molecule has 100 valence electrons. The van der Waals surface area contributed by atoms with Crippen LogP contribution in [-0.4, -0.2) is 12.7 Å². The minimum Gasteiger partial charge on any atom is -0.454 e. The monoisotopic (exact) mass is 267 g/mol. The summed E-state index contributed by atoms with van der Waals surface area (Å²) in [6.45, 7) is 0.247. The van der Waals surface area contributed by atoms with E-state index in [1.807, 2.05) is 48.5 Å². The first kappa shape index (κ1) is 12.3. The van der Waals surface area contributed by atoms with Gasteiger partial charge in [-0.2, -0.15) is 0 Å². The molecule has 20 heavy (non-hydrogen) atoms. The number of anilines is 1. The molecule has 0 aromatic heterocycles. The quantitative estimate of drug-likeness (QED) is 0.869. The van der Waals surface area contributed by atoms with Crippen molar-refractivity contribution < 1.29 is 14.3 Å². The largest absolute Gasteiger partial charge is 0.454 e. The predicted octanol–water partition coefficient (Wildman–Crippen LogP) is 3.07. The van der Waals surface area contributed by atoms with Gasteiger partial charge >= 0.3 is 0 Å². The van der Waals surface area contributed by atoms with Crippen LogP contribution in [0.15, 0.2) is 54.6 Å². The van der Waals surface area contributed by atoms with Crippen molar-refractivity contribution in [3.8, 4) is 11.5 Å². The summed E-state index contributed by atoms with van der Waals surface area (Å²) in [5.41, 5.74) is 1.66. The fraction of sp³-hybridized carbons (Fsp3) is 0.0625. The number of fused-ring (bicyclic) bond motifs is 1. The van der Waals surface area contributed by atoms with Crippen LogP contribution < -0.4 is 14.8 Å². The van der Waals surface area contributed by atoms with Gasteiger partial charge in [-0.3, -0.25) is 4.79 Å². The molecule has 0 spiro atoms. The van der Waals surface area contributed by atoms with E-state index in [4.69, 9.17) is 9.47 Å². The summed E-state index contributed by atoms with van der Waals surface area (Å²) in [5.74, 6) is 1.26. The molecule has 1 aliphatic heterocycles. The minimum atomic E-state index is -0.172. The zero-order chi connectivity index (χ0) is 13.8. The van der Waals surface area contributed by atoms with E-state index in [1.54, 1.807) is 6.08 Å². The van der Waals surface area contributed by atoms with E-state index in [9.17, 15) is 4.79 Å². The summed E-state index contributed by atoms with van der Waals surface area (Å²) in [7, 11) is 0. The van der Waals surface area contributed by atoms with Gasteiger partial charge < -0.3 is 14.8 Å². The number of benzene rings is 2. The Kier molecular flexibility index (Phi) is 3.37. The third kappa shape index (κ3) is 2.80. The standard InChI is InChI=1S/C16H13NO3/c18-16(17-13-4-2-1-3-5-13)9-7-12-6-8-14-15(10-12)20-11-19-14/h1-10H,11H2,(H,17,18). The van der Waals surface area contributed by atoms with Crippen LogP contribution in [0.25, 0.3) is 6.08 Å². The molecular formula is C16H13NO3. The van der Waals surface area contributed by atoms with Crippen molar-refractivity contribution >= 4 is 17.7 Å². The van der Waals surface area contributed by atoms with Crippen LogP contribution in [-0.2, 0) is 4.79 Å². The van der Waals surface area contributed by atoms with E-state index >= 15 is 0 Å². The van der Waals surface area contributed by atoms with Crippen LogP contribution in [0.2, 0.25) is 0 Å². The first-order valence-corrected chi connectivity index (χ1v) is 6.25. The number of hydrogen-bond donors (Lipinski definition) is 1. The highest BCUT2D eigenvalue weighted by Gasteiger charge is 2.12. The lowest BCUT2D eigenvalue weighted by atomic mass is 10.2. The van der Waals surface area contributed by atoms with Gasteiger partial charge in [-0.15, -0.1) is 0 Å². The van der Waals surface area contributed by atoms with E-state index in [2.05, 4.69) is 5.32 Å². The van der Waals surface area contributed by atoms with Gasteiger partial charge in [-0.1, -0.05) is 24.3 Å². The molecule has 0 bridgehead atoms. The number of nitrogens with one attached hydrogen (secondary N) is 1. The zero-order valence-corrected chi connectivity index (χ0v) is 10.7. The van der Waals surface area contributed by atoms with E-state index in [0.717, 1.165) is 17.0 Å². The Morgan fingerprint density at radius 2 is 1.85 bits per heavy atom. The van der Waals surface area contributed by atoms with Gasteiger partial charge in [0.15, 0.2) is 11.5 Å². The van der Waals surface area contributed by atoms with Gasteiger partial charge in [-0.25, -0.2) is 0 Å². The van der Waals surface area contributed by atoms with Crippen molar-refractivity contribution in [2.24, 2.45) is 0 Å². The lowest BCUT2D eigenvalue weighted by Crippen LogP contribution is -2.07. The third-order valence-corrected chi connectivity index (χ3v) is 2.87. The van der Waals surface area contributed by atoms with Crippen molar-refractivity contribution in [2.45, 2.75) is 0 Å². The maximum atomic E-state index is 11.8. The number of rotatable bonds is 3. The predicted molar refractivity (Wildman–Crippen MR) is 76.7 cm³/mol. The highest BCUT2D eigenvalue weighted by Crippen LogP contribution is 2.32. The summed E-state index contributed by atoms with van der Waals surface area (Å²) in [5, 5.41) is 2.78. The SMILES string of the molecule is O=C(C=Cc1ccc2c(c1)OCO2)Nc1ccccc1. The van der Waals surface area contributed by atoms with E-state index in [0.29, 0.717) is 5.75 Å². The van der Waals surface area contributed by atoms with Crippen LogP contribution in [0.1, 0.15) is 5.56 Å². The van der Waals surface area contributed by atoms with Gasteiger partial charge in [0.25, 0.3) is 0 Å². The van der Waals surface area contributed by atoms with Gasteiger partial charge in [0.1, 0.15) is 0 Å². The summed E-state index contributed by atoms with van der Waals surface area (Å²) >= 11 is 0. The van der Waals surface area contributed by atoms with Crippen LogP contribution in [0, 0.1) is 0 Å². The second-order valence-corrected chi connectivity index (χ2v) is 4.30. The first-order valence-electron chi connectivity index (χ1n) is 6.25. The van der Waals surface area contributed by atoms with Crippen LogP contribution >= 0.6 is 0 Å². The second-order valence-electron chi connectivity index (χ2n) is 4.30. The third-order valence-electron chi connectivity index (χ3n) is 2.87. The second kappa shape index (κ2) is 5.48. The lowest BCUT2D eigenvalue weighted by Gasteiger charge is -2.01. The number of carbonyl (C=O) groups is 1. The minimum absolute atomic E-state index is 0.172. The van der Waals surface area contributed by atoms with Crippen LogP contribution in [0.3, 0.4) is 0 Å². The van der Waals surface area contributed by atoms with Gasteiger partial charge in [0.2, 0.25) is 12.7 Å². The molecule has 0 atom stereocenters. The molecule has 2 aromatic carbocycles. The molecular weight excluding hydrogens is 254 g/mol. The van der Waals surface area contributed by atoms with Crippen LogP contribution in [0.5, 0.6) is 11.5 Å². The van der Waals surface area contributed by atoms with E-state index in [-0.39, 0.29) is 12.7 Å². The molecule has 0 aliphatic carbocycles. The van der Waals surface area contributed by atoms with Crippen molar-refractivity contribution in [3.05, 3.63) is 60.2 Å². The van der Waals surface area contributed by atoms with Crippen molar-refractivity contribution in [3.63, 3.8) is 0 Å². The Bertz CT molecular complexity index is 650. The van der Waals surface area contributed by atoms with Gasteiger partial charge in [0, 0.05) is 11.8 Å². The Balaban J connectivity index is 1.66. The number of carbonyl (C=O) groups excluding carboxylic acids is 1. The molecule has 4 heteroatoms. The zero-order valence-electron chi connectivity index (χ0n) is 10.7. The van der Waals surface area contributed by atoms with Gasteiger partial charge in [0.05, 0.1) is 0 Å². The summed E-state index contributed by atoms with van der Waals surface area (Å²) in [6, 6.07) is 14.9. The molecule has 1 N–H and O–H groups in total. The molecule has 1 aliphatic rings. The average molecular weight is 267 g/mol. The molecule has 0 saturated heterocycles. The Morgan fingerprint density at radius 1 is 1.05 bits per heavy atom. The highest BCUT2D eigenvalue weighted by atomic mass is 16.7. The van der Waals surface area contributed by atoms with Crippen molar-refractivity contribution in [1.82, 2.24) is 0 Å². The summed E-state index contributed by atoms with van der Waals surface area (Å²) in [4.78, 5) is 11.8. The number of ether oxygens (including phenoxy) is 2. The lowest BCUT2D eigenvalue weighted by molar-refractivity contribution is -0.111. The topological polar surface area (TPSA) is 47.6 Å². The van der Waals surface area contributed by atoms with Crippen molar-refractivity contribution in [2.75, 3.05) is 12.1 Å². The smallest absolute Gasteiger partial charge is 0.248 e. The molecule has 4 nitrogen and oxygen atoms in total. The van der Waals surface area contributed by atoms with Crippen LogP contribution in [0.4, 0.5) is 5.69 Å². The molecule has 0 saturated carbocycles. The molecule has 1 heterocycles. The number of hydrogen-bond acceptors (Lipinski definition) is 3. The number of para-hydroxylation sites is 1. The molecule has 0 unspecified atom stereocenters. The van der Waals surface area contributed by atoms with Gasteiger partial charge in [-0.05, 0) is 35.9 Å². The fourth-order valence-electron chi connectivity index (χ4n) is 1.89. The molecule has 2 aromatic rings. The molecule has 0 radical (unpaired) electrons. The van der Waals surface area contributed by atoms with Crippen molar-refractivity contribution in [1.29, 1.82) is 0 Å². The van der Waals surface area contributed by atoms with E-state index in [1.165, 1.54) is 6.08 Å². The summed E-state index contributed by atoms with van der Waals surface area (Å²) < 4.78 is 10.5. The first-order chi connectivity index (χ1) is 9.81. The normalized spacial score (nSPS) is 12.6. The fourth-order valence-corrected chi connectivity index (χ4v) is 1.89. The van der Waals surface area contributed by atoms with E-state index < -0.39 is 0 Å². The maximum Gasteiger partial charge on any atom is 0.248 e. The highest BCUT2D eigenvalue weighted by molar-refractivity contribution is 6.01. The Hall–Kier alpha value is -2.75. The molecule has 1 amide bonds. The molecule has 3 rings (SSSR count). The average Bonchev–Trinajstić information content (AvgIpc) is 2.93. The number of amides is 1. The molecule has 0 fully saturated rings. The summed E-state index contributed by atoms with van der Waals surface area (Å²) in [6.07, 6.45) is 3.23. The Morgan fingerprint density at radius 3 is 2.70 bits per heavy atom. The maximum absolute atomic E-state index is 11.8.